The van der Waals surface area contributed by atoms with Gasteiger partial charge in [0.1, 0.15) is 11.4 Å². The molecule has 13 heteroatoms. The molecule has 0 spiro atoms. The summed E-state index contributed by atoms with van der Waals surface area (Å²) in [5, 5.41) is 2.47. The van der Waals surface area contributed by atoms with Crippen molar-refractivity contribution in [1.29, 1.82) is 0 Å². The summed E-state index contributed by atoms with van der Waals surface area (Å²) >= 11 is 25.7. The van der Waals surface area contributed by atoms with Crippen LogP contribution < -0.4 is 20.0 Å². The van der Waals surface area contributed by atoms with Crippen LogP contribution in [0.5, 0.6) is 0 Å². The van der Waals surface area contributed by atoms with Crippen molar-refractivity contribution in [3.8, 4) is 22.8 Å². The molecule has 0 bridgehead atoms. The van der Waals surface area contributed by atoms with E-state index in [1.807, 2.05) is 91.8 Å². The molecule has 4 aromatic heterocycles. The van der Waals surface area contributed by atoms with Crippen molar-refractivity contribution in [1.82, 2.24) is 19.9 Å². The van der Waals surface area contributed by atoms with Gasteiger partial charge in [-0.2, -0.15) is 0 Å². The molecule has 0 amide bonds. The van der Waals surface area contributed by atoms with E-state index in [1.54, 1.807) is 24.8 Å². The third kappa shape index (κ3) is 8.20. The van der Waals surface area contributed by atoms with Crippen molar-refractivity contribution in [2.45, 2.75) is 77.6 Å². The molecule has 0 aliphatic rings. The van der Waals surface area contributed by atoms with E-state index in [2.05, 4.69) is 19.9 Å². The maximum absolute atomic E-state index is 13.5. The van der Waals surface area contributed by atoms with Crippen LogP contribution >= 0.6 is 46.4 Å². The molecule has 0 fully saturated rings. The molecule has 0 unspecified atom stereocenters. The molecule has 0 aromatic carbocycles. The molecule has 4 heterocycles. The van der Waals surface area contributed by atoms with Gasteiger partial charge in [0.2, 0.25) is 0 Å². The van der Waals surface area contributed by atoms with E-state index in [0.717, 1.165) is 0 Å². The average molecular weight is 772 g/mol. The zero-order valence-electron chi connectivity index (χ0n) is 26.5. The van der Waals surface area contributed by atoms with Crippen molar-refractivity contribution in [3.63, 3.8) is 0 Å². The van der Waals surface area contributed by atoms with Crippen molar-refractivity contribution >= 4 is 73.4 Å². The summed E-state index contributed by atoms with van der Waals surface area (Å²) in [6.45, 7) is 15.6. The molecular weight excluding hydrogens is 734 g/mol. The van der Waals surface area contributed by atoms with Crippen LogP contribution in [0.15, 0.2) is 61.2 Å². The van der Waals surface area contributed by atoms with E-state index >= 15 is 0 Å². The van der Waals surface area contributed by atoms with E-state index in [4.69, 9.17) is 46.4 Å². The second-order valence-electron chi connectivity index (χ2n) is 11.9. The summed E-state index contributed by atoms with van der Waals surface area (Å²) in [4.78, 5) is 44.2. The van der Waals surface area contributed by atoms with Gasteiger partial charge in [-0.25, -0.2) is 0 Å². The molecule has 245 valence electrons. The topological polar surface area (TPSA) is 97.7 Å². The van der Waals surface area contributed by atoms with Crippen molar-refractivity contribution in [3.05, 3.63) is 81.3 Å². The van der Waals surface area contributed by atoms with Gasteiger partial charge in [-0.15, -0.1) is 0 Å². The number of hydrogen-bond acceptors (Lipinski definition) is 6. The van der Waals surface area contributed by atoms with Crippen LogP contribution in [0.1, 0.15) is 55.4 Å². The Kier molecular flexibility index (Phi) is 14.7. The van der Waals surface area contributed by atoms with E-state index in [9.17, 15) is 9.59 Å². The minimum Gasteiger partial charge on any atom is -0.855 e. The zero-order chi connectivity index (χ0) is 33.0. The fraction of sp³-hybridized carbons (Fsp3) is 0.375. The van der Waals surface area contributed by atoms with Crippen molar-refractivity contribution in [2.75, 3.05) is 0 Å². The number of pyridine rings is 4. The van der Waals surface area contributed by atoms with Crippen LogP contribution in [-0.4, -0.2) is 36.6 Å². The molecule has 0 N–H and O–H groups in total. The van der Waals surface area contributed by atoms with Gasteiger partial charge in [-0.3, -0.25) is 19.9 Å². The minimum absolute atomic E-state index is 0. The number of hydrogen-bond donors (Lipinski definition) is 0. The monoisotopic (exact) mass is 769 g/mol. The van der Waals surface area contributed by atoms with Gasteiger partial charge in [-0.1, -0.05) is 136 Å². The fourth-order valence-corrected chi connectivity index (χ4v) is 13.9. The quantitative estimate of drug-likeness (QED) is 0.172. The predicted molar refractivity (Wildman–Crippen MR) is 186 cm³/mol. The van der Waals surface area contributed by atoms with Crippen LogP contribution in [0, 0.1) is 0 Å². The standard InChI is InChI=1S/2C16H19Cl2N2OSi.Cu/c2*1-10(2)22(21,11(3)4)13-9-20-16(15(18)14(13)17)12-7-5-6-8-19-12;/h2*5-11H,1-4H3;/q2*-1;+2. The molecule has 0 aliphatic carbocycles. The first-order valence-electron chi connectivity index (χ1n) is 14.5. The Hall–Kier alpha value is -1.37. The molecule has 0 saturated heterocycles. The first kappa shape index (κ1) is 39.8. The van der Waals surface area contributed by atoms with Crippen LogP contribution in [0.25, 0.3) is 22.8 Å². The molecule has 4 rings (SSSR count). The third-order valence-corrected chi connectivity index (χ3v) is 19.3. The Morgan fingerprint density at radius 1 is 0.511 bits per heavy atom. The van der Waals surface area contributed by atoms with Gasteiger partial charge < -0.3 is 9.59 Å². The Morgan fingerprint density at radius 2 is 0.822 bits per heavy atom. The Balaban J connectivity index is 0.000000307. The smallest absolute Gasteiger partial charge is 0.855 e. The summed E-state index contributed by atoms with van der Waals surface area (Å²) in [7, 11) is -6.06. The van der Waals surface area contributed by atoms with E-state index in [0.29, 0.717) is 53.2 Å². The summed E-state index contributed by atoms with van der Waals surface area (Å²) in [5.74, 6) is 0. The zero-order valence-corrected chi connectivity index (χ0v) is 32.5. The Bertz CT molecular complexity index is 1430. The number of aromatic nitrogens is 4. The van der Waals surface area contributed by atoms with Crippen molar-refractivity contribution < 1.29 is 26.7 Å². The van der Waals surface area contributed by atoms with Crippen LogP contribution in [0.3, 0.4) is 0 Å². The van der Waals surface area contributed by atoms with Crippen LogP contribution in [0.4, 0.5) is 0 Å². The summed E-state index contributed by atoms with van der Waals surface area (Å²) < 4.78 is 0. The van der Waals surface area contributed by atoms with Gasteiger partial charge in [0.05, 0.1) is 31.5 Å². The fourth-order valence-electron chi connectivity index (χ4n) is 5.41. The summed E-state index contributed by atoms with van der Waals surface area (Å²) in [6, 6.07) is 11.0. The van der Waals surface area contributed by atoms with Gasteiger partial charge >= 0.3 is 17.1 Å². The van der Waals surface area contributed by atoms with Crippen LogP contribution in [0.2, 0.25) is 42.3 Å². The second kappa shape index (κ2) is 16.6. The molecular formula is C32H38Cl4CuN4O2Si2. The molecule has 0 aliphatic heterocycles. The normalized spacial score (nSPS) is 12.0. The van der Waals surface area contributed by atoms with E-state index < -0.39 is 16.6 Å². The predicted octanol–water partition coefficient (Wildman–Crippen LogP) is 7.56. The first-order chi connectivity index (χ1) is 20.6. The summed E-state index contributed by atoms with van der Waals surface area (Å²) in [5.41, 5.74) is 2.33. The average Bonchev–Trinajstić information content (AvgIpc) is 2.99. The molecule has 0 atom stereocenters. The maximum atomic E-state index is 13.5. The third-order valence-electron chi connectivity index (χ3n) is 8.01. The van der Waals surface area contributed by atoms with E-state index in [-0.39, 0.29) is 39.2 Å². The minimum atomic E-state index is -3.03. The Morgan fingerprint density at radius 3 is 1.07 bits per heavy atom. The van der Waals surface area contributed by atoms with E-state index in [1.165, 1.54) is 0 Å². The molecule has 4 aromatic rings. The van der Waals surface area contributed by atoms with Gasteiger partial charge in [0.15, 0.2) is 0 Å². The second-order valence-corrected chi connectivity index (χ2v) is 22.3. The number of halogens is 4. The van der Waals surface area contributed by atoms with Gasteiger partial charge in [-0.05, 0) is 51.3 Å². The SMILES string of the molecule is CC(C)[Si]([O-])(c1cnc(-c2ccccn2)c(Cl)c1Cl)C(C)C.CC(C)[Si]([O-])(c1cnc(-c2ccccn2)c(Cl)c1Cl)C(C)C.[Cu+2]. The maximum Gasteiger partial charge on any atom is 2.00 e. The summed E-state index contributed by atoms with van der Waals surface area (Å²) in [6.07, 6.45) is 6.56. The van der Waals surface area contributed by atoms with Crippen molar-refractivity contribution in [2.24, 2.45) is 0 Å². The molecule has 0 saturated carbocycles. The van der Waals surface area contributed by atoms with Gasteiger partial charge in [0.25, 0.3) is 0 Å². The van der Waals surface area contributed by atoms with Gasteiger partial charge in [0, 0.05) is 24.8 Å². The van der Waals surface area contributed by atoms with Crippen LogP contribution in [-0.2, 0) is 17.1 Å². The Labute approximate surface area is 299 Å². The first-order valence-corrected chi connectivity index (χ1v) is 20.2. The molecule has 6 nitrogen and oxygen atoms in total. The number of nitrogens with zero attached hydrogens (tertiary/aromatic N) is 4. The molecule has 45 heavy (non-hydrogen) atoms. The number of rotatable bonds is 8. The molecule has 1 radical (unpaired) electrons. The largest absolute Gasteiger partial charge is 2.00 e.